The molecule has 0 aromatic heterocycles. The molecule has 0 saturated carbocycles. The molecule has 0 aliphatic rings. The topological polar surface area (TPSA) is 69.2 Å². The number of benzene rings is 3. The third-order valence-electron chi connectivity index (χ3n) is 4.64. The van der Waals surface area contributed by atoms with Crippen LogP contribution in [-0.4, -0.2) is 25.3 Å². The summed E-state index contributed by atoms with van der Waals surface area (Å²) in [7, 11) is 0. The van der Waals surface area contributed by atoms with E-state index in [2.05, 4.69) is 10.5 Å². The molecule has 3 rings (SSSR count). The van der Waals surface area contributed by atoms with Gasteiger partial charge in [0, 0.05) is 11.1 Å². The van der Waals surface area contributed by atoms with Crippen molar-refractivity contribution in [2.75, 3.05) is 13.2 Å². The van der Waals surface area contributed by atoms with Gasteiger partial charge >= 0.3 is 0 Å². The zero-order valence-electron chi connectivity index (χ0n) is 19.0. The molecule has 0 aliphatic carbocycles. The van der Waals surface area contributed by atoms with E-state index >= 15 is 0 Å². The minimum atomic E-state index is -0.393. The van der Waals surface area contributed by atoms with Crippen LogP contribution in [0.3, 0.4) is 0 Å². The fraction of sp³-hybridized carbons (Fsp3) is 0.231. The largest absolute Gasteiger partial charge is 0.490 e. The van der Waals surface area contributed by atoms with E-state index in [4.69, 9.17) is 25.8 Å². The summed E-state index contributed by atoms with van der Waals surface area (Å²) in [6, 6.07) is 16.4. The van der Waals surface area contributed by atoms with Crippen molar-refractivity contribution < 1.29 is 23.4 Å². The van der Waals surface area contributed by atoms with Crippen LogP contribution < -0.4 is 19.6 Å². The van der Waals surface area contributed by atoms with Gasteiger partial charge in [0.05, 0.1) is 24.5 Å². The second kappa shape index (κ2) is 12.6. The number of hydrogen-bond donors (Lipinski definition) is 1. The summed E-state index contributed by atoms with van der Waals surface area (Å²) in [5, 5.41) is 4.34. The van der Waals surface area contributed by atoms with Gasteiger partial charge in [0.1, 0.15) is 18.2 Å². The van der Waals surface area contributed by atoms with Crippen molar-refractivity contribution in [3.8, 4) is 17.2 Å². The number of nitrogens with zero attached hydrogens (tertiary/aromatic N) is 1. The van der Waals surface area contributed by atoms with Crippen LogP contribution in [0, 0.1) is 5.82 Å². The van der Waals surface area contributed by atoms with E-state index in [0.717, 1.165) is 6.42 Å². The average molecular weight is 485 g/mol. The third-order valence-corrected chi connectivity index (χ3v) is 4.94. The minimum absolute atomic E-state index is 0.0574. The van der Waals surface area contributed by atoms with Crippen LogP contribution in [0.5, 0.6) is 17.2 Å². The Morgan fingerprint density at radius 2 is 1.79 bits per heavy atom. The number of rotatable bonds is 11. The highest BCUT2D eigenvalue weighted by Gasteiger charge is 2.11. The molecule has 0 heterocycles. The number of carbonyl (C=O) groups excluding carboxylic acids is 1. The molecule has 0 unspecified atom stereocenters. The standard InChI is InChI=1S/C26H26ClFN2O4/c1-3-13-33-24-12-10-19(15-25(24)32-4-2)26(31)30-29-16-18-9-11-23(21(27)14-18)34-17-20-7-5-6-8-22(20)28/h5-12,14-16H,3-4,13,17H2,1-2H3,(H,30,31)/b29-16+. The zero-order valence-corrected chi connectivity index (χ0v) is 19.8. The molecule has 0 aliphatic heterocycles. The molecule has 0 atom stereocenters. The normalized spacial score (nSPS) is 10.8. The average Bonchev–Trinajstić information content (AvgIpc) is 2.83. The quantitative estimate of drug-likeness (QED) is 0.267. The van der Waals surface area contributed by atoms with Gasteiger partial charge in [-0.3, -0.25) is 4.79 Å². The van der Waals surface area contributed by atoms with Gasteiger partial charge in [0.15, 0.2) is 11.5 Å². The van der Waals surface area contributed by atoms with E-state index < -0.39 is 5.91 Å². The predicted molar refractivity (Wildman–Crippen MR) is 131 cm³/mol. The lowest BCUT2D eigenvalue weighted by molar-refractivity contribution is 0.0954. The Morgan fingerprint density at radius 1 is 1.00 bits per heavy atom. The van der Waals surface area contributed by atoms with Crippen molar-refractivity contribution in [1.82, 2.24) is 5.43 Å². The van der Waals surface area contributed by atoms with Crippen LogP contribution in [-0.2, 0) is 6.61 Å². The Kier molecular flexibility index (Phi) is 9.29. The van der Waals surface area contributed by atoms with E-state index in [0.29, 0.717) is 52.2 Å². The first kappa shape index (κ1) is 25.1. The Balaban J connectivity index is 1.60. The van der Waals surface area contributed by atoms with Gasteiger partial charge in [-0.15, -0.1) is 0 Å². The molecule has 178 valence electrons. The molecule has 0 spiro atoms. The van der Waals surface area contributed by atoms with Gasteiger partial charge in [-0.05, 0) is 61.4 Å². The molecule has 0 radical (unpaired) electrons. The summed E-state index contributed by atoms with van der Waals surface area (Å²) >= 11 is 6.28. The van der Waals surface area contributed by atoms with E-state index in [1.165, 1.54) is 12.3 Å². The smallest absolute Gasteiger partial charge is 0.271 e. The number of carbonyl (C=O) groups is 1. The van der Waals surface area contributed by atoms with Crippen molar-refractivity contribution in [1.29, 1.82) is 0 Å². The van der Waals surface area contributed by atoms with Crippen molar-refractivity contribution >= 4 is 23.7 Å². The molecule has 0 bridgehead atoms. The maximum Gasteiger partial charge on any atom is 0.271 e. The zero-order chi connectivity index (χ0) is 24.3. The van der Waals surface area contributed by atoms with Gasteiger partial charge in [-0.25, -0.2) is 9.82 Å². The molecule has 3 aromatic rings. The summed E-state index contributed by atoms with van der Waals surface area (Å²) in [6.07, 6.45) is 2.33. The van der Waals surface area contributed by atoms with Crippen LogP contribution in [0.4, 0.5) is 4.39 Å². The Hall–Kier alpha value is -3.58. The first-order chi connectivity index (χ1) is 16.5. The summed E-state index contributed by atoms with van der Waals surface area (Å²) in [5.41, 5.74) is 3.96. The summed E-state index contributed by atoms with van der Waals surface area (Å²) in [4.78, 5) is 12.5. The summed E-state index contributed by atoms with van der Waals surface area (Å²) in [6.45, 7) is 4.95. The molecule has 0 fully saturated rings. The van der Waals surface area contributed by atoms with Gasteiger partial charge in [-0.2, -0.15) is 5.10 Å². The van der Waals surface area contributed by atoms with Crippen LogP contribution in [0.25, 0.3) is 0 Å². The van der Waals surface area contributed by atoms with E-state index in [1.54, 1.807) is 54.6 Å². The van der Waals surface area contributed by atoms with Gasteiger partial charge in [-0.1, -0.05) is 36.7 Å². The van der Waals surface area contributed by atoms with E-state index in [9.17, 15) is 9.18 Å². The second-order valence-corrected chi connectivity index (χ2v) is 7.62. The number of ether oxygens (including phenoxy) is 3. The molecule has 1 N–H and O–H groups in total. The molecule has 34 heavy (non-hydrogen) atoms. The van der Waals surface area contributed by atoms with Crippen molar-refractivity contribution in [2.45, 2.75) is 26.9 Å². The monoisotopic (exact) mass is 484 g/mol. The SMILES string of the molecule is CCCOc1ccc(C(=O)N/N=C/c2ccc(OCc3ccccc3F)c(Cl)c2)cc1OCC. The highest BCUT2D eigenvalue weighted by molar-refractivity contribution is 6.32. The number of hydrazone groups is 1. The molecule has 1 amide bonds. The Labute approximate surface area is 203 Å². The number of halogens is 2. The number of hydrogen-bond acceptors (Lipinski definition) is 5. The number of amides is 1. The maximum atomic E-state index is 13.7. The van der Waals surface area contributed by atoms with E-state index in [1.807, 2.05) is 13.8 Å². The lowest BCUT2D eigenvalue weighted by atomic mass is 10.2. The van der Waals surface area contributed by atoms with Crippen molar-refractivity contribution in [2.24, 2.45) is 5.10 Å². The second-order valence-electron chi connectivity index (χ2n) is 7.21. The van der Waals surface area contributed by atoms with Crippen LogP contribution in [0.2, 0.25) is 5.02 Å². The highest BCUT2D eigenvalue weighted by Crippen LogP contribution is 2.29. The molecule has 6 nitrogen and oxygen atoms in total. The number of nitrogens with one attached hydrogen (secondary N) is 1. The lowest BCUT2D eigenvalue weighted by Gasteiger charge is -2.12. The lowest BCUT2D eigenvalue weighted by Crippen LogP contribution is -2.17. The van der Waals surface area contributed by atoms with Crippen LogP contribution in [0.1, 0.15) is 41.8 Å². The molecule has 0 saturated heterocycles. The van der Waals surface area contributed by atoms with Crippen LogP contribution >= 0.6 is 11.6 Å². The summed E-state index contributed by atoms with van der Waals surface area (Å²) in [5.74, 6) is 0.783. The molecular formula is C26H26ClFN2O4. The van der Waals surface area contributed by atoms with E-state index in [-0.39, 0.29) is 12.4 Å². The van der Waals surface area contributed by atoms with Crippen LogP contribution in [0.15, 0.2) is 65.8 Å². The van der Waals surface area contributed by atoms with Crippen molar-refractivity contribution in [3.63, 3.8) is 0 Å². The fourth-order valence-electron chi connectivity index (χ4n) is 2.96. The fourth-order valence-corrected chi connectivity index (χ4v) is 3.21. The minimum Gasteiger partial charge on any atom is -0.490 e. The predicted octanol–water partition coefficient (Wildman–Crippen LogP) is 6.01. The molecule has 8 heteroatoms. The highest BCUT2D eigenvalue weighted by atomic mass is 35.5. The van der Waals surface area contributed by atoms with Gasteiger partial charge < -0.3 is 14.2 Å². The van der Waals surface area contributed by atoms with Gasteiger partial charge in [0.2, 0.25) is 0 Å². The summed E-state index contributed by atoms with van der Waals surface area (Å²) < 4.78 is 30.6. The Morgan fingerprint density at radius 3 is 2.53 bits per heavy atom. The Bertz CT molecular complexity index is 1150. The first-order valence-corrected chi connectivity index (χ1v) is 11.3. The van der Waals surface area contributed by atoms with Crippen molar-refractivity contribution in [3.05, 3.63) is 88.2 Å². The maximum absolute atomic E-state index is 13.7. The molecular weight excluding hydrogens is 459 g/mol. The first-order valence-electron chi connectivity index (χ1n) is 10.9. The van der Waals surface area contributed by atoms with Gasteiger partial charge in [0.25, 0.3) is 5.91 Å². The molecule has 3 aromatic carbocycles. The third kappa shape index (κ3) is 6.96.